The maximum atomic E-state index is 12.7. The molecule has 2 aliphatic rings. The smallest absolute Gasteiger partial charge is 0.286 e. The zero-order chi connectivity index (χ0) is 19.0. The predicted molar refractivity (Wildman–Crippen MR) is 106 cm³/mol. The number of amides is 1. The Kier molecular flexibility index (Phi) is 4.65. The first kappa shape index (κ1) is 18.0. The summed E-state index contributed by atoms with van der Waals surface area (Å²) in [4.78, 5) is 14.6. The van der Waals surface area contributed by atoms with Gasteiger partial charge in [0.05, 0.1) is 5.69 Å². The lowest BCUT2D eigenvalue weighted by molar-refractivity contribution is 0.102. The molecule has 2 aromatic carbocycles. The summed E-state index contributed by atoms with van der Waals surface area (Å²) in [6, 6.07) is 11.5. The van der Waals surface area contributed by atoms with Crippen LogP contribution in [0.5, 0.6) is 0 Å². The monoisotopic (exact) mass is 403 g/mol. The molecule has 4 rings (SSSR count). The lowest BCUT2D eigenvalue weighted by Crippen LogP contribution is -2.35. The largest absolute Gasteiger partial charge is 0.328 e. The summed E-state index contributed by atoms with van der Waals surface area (Å²) < 4.78 is 29.3. The van der Waals surface area contributed by atoms with E-state index in [1.165, 1.54) is 6.07 Å². The predicted octanol–water partition coefficient (Wildman–Crippen LogP) is 4.07. The van der Waals surface area contributed by atoms with E-state index in [4.69, 9.17) is 11.6 Å². The molecule has 0 spiro atoms. The van der Waals surface area contributed by atoms with Crippen LogP contribution in [0.1, 0.15) is 36.0 Å². The second kappa shape index (κ2) is 6.98. The van der Waals surface area contributed by atoms with Gasteiger partial charge < -0.3 is 10.2 Å². The number of benzene rings is 2. The van der Waals surface area contributed by atoms with Gasteiger partial charge in [-0.05, 0) is 55.3 Å². The molecule has 0 aliphatic carbocycles. The Balaban J connectivity index is 1.68. The number of nitrogens with zero attached hydrogens (tertiary/aromatic N) is 2. The van der Waals surface area contributed by atoms with Crippen molar-refractivity contribution in [2.75, 3.05) is 16.8 Å². The number of nitrogens with one attached hydrogen (secondary N) is 1. The minimum atomic E-state index is -3.81. The molecule has 8 heteroatoms. The number of hydrogen-bond donors (Lipinski definition) is 1. The third-order valence-electron chi connectivity index (χ3n) is 4.71. The average Bonchev–Trinajstić information content (AvgIpc) is 2.88. The van der Waals surface area contributed by atoms with Crippen LogP contribution in [-0.2, 0) is 10.0 Å². The topological polar surface area (TPSA) is 78.8 Å². The molecule has 1 amide bonds. The van der Waals surface area contributed by atoms with Gasteiger partial charge in [0, 0.05) is 29.2 Å². The fourth-order valence-electron chi connectivity index (χ4n) is 3.36. The summed E-state index contributed by atoms with van der Waals surface area (Å²) >= 11 is 5.85. The van der Waals surface area contributed by atoms with Crippen LogP contribution in [0, 0.1) is 0 Å². The molecule has 27 heavy (non-hydrogen) atoms. The van der Waals surface area contributed by atoms with Crippen LogP contribution in [0.15, 0.2) is 51.8 Å². The van der Waals surface area contributed by atoms with E-state index in [0.29, 0.717) is 28.7 Å². The molecular weight excluding hydrogens is 386 g/mol. The molecule has 0 aromatic heterocycles. The molecule has 2 aliphatic heterocycles. The van der Waals surface area contributed by atoms with Gasteiger partial charge in [0.25, 0.3) is 15.9 Å². The lowest BCUT2D eigenvalue weighted by Gasteiger charge is -2.29. The molecule has 0 saturated carbocycles. The summed E-state index contributed by atoms with van der Waals surface area (Å²) in [6.45, 7) is 0.734. The maximum absolute atomic E-state index is 12.7. The number of carbonyl (C=O) groups is 1. The van der Waals surface area contributed by atoms with Crippen molar-refractivity contribution in [2.24, 2.45) is 4.40 Å². The Labute approximate surface area is 162 Å². The van der Waals surface area contributed by atoms with E-state index in [2.05, 4.69) is 9.71 Å². The van der Waals surface area contributed by atoms with Crippen LogP contribution in [0.25, 0.3) is 0 Å². The van der Waals surface area contributed by atoms with Crippen LogP contribution in [-0.4, -0.2) is 26.7 Å². The van der Waals surface area contributed by atoms with E-state index in [-0.39, 0.29) is 16.4 Å². The fourth-order valence-corrected chi connectivity index (χ4v) is 4.77. The molecule has 0 bridgehead atoms. The van der Waals surface area contributed by atoms with Gasteiger partial charge in [-0.25, -0.2) is 0 Å². The van der Waals surface area contributed by atoms with Crippen molar-refractivity contribution in [3.8, 4) is 0 Å². The summed E-state index contributed by atoms with van der Waals surface area (Å²) in [7, 11) is -3.81. The van der Waals surface area contributed by atoms with Crippen LogP contribution in [0.4, 0.5) is 11.4 Å². The van der Waals surface area contributed by atoms with Gasteiger partial charge >= 0.3 is 0 Å². The number of rotatable bonds is 2. The highest BCUT2D eigenvalue weighted by Gasteiger charge is 2.32. The van der Waals surface area contributed by atoms with E-state index in [1.807, 2.05) is 4.90 Å². The number of halogens is 1. The van der Waals surface area contributed by atoms with Crippen molar-refractivity contribution < 1.29 is 13.2 Å². The number of amidine groups is 1. The van der Waals surface area contributed by atoms with Gasteiger partial charge in [0.15, 0.2) is 0 Å². The first-order valence-corrected chi connectivity index (χ1v) is 10.6. The molecule has 1 N–H and O–H groups in total. The van der Waals surface area contributed by atoms with Crippen molar-refractivity contribution in [3.05, 3.63) is 53.1 Å². The minimum absolute atomic E-state index is 0.0805. The van der Waals surface area contributed by atoms with Crippen LogP contribution in [0.2, 0.25) is 5.02 Å². The number of sulfonamides is 1. The Morgan fingerprint density at radius 3 is 2.63 bits per heavy atom. The highest BCUT2D eigenvalue weighted by Crippen LogP contribution is 2.35. The summed E-state index contributed by atoms with van der Waals surface area (Å²) in [5, 5.41) is 3.31. The lowest BCUT2D eigenvalue weighted by atomic mass is 10.1. The number of fused-ring (bicyclic) bond motifs is 3. The molecule has 2 heterocycles. The zero-order valence-electron chi connectivity index (χ0n) is 14.5. The van der Waals surface area contributed by atoms with Crippen LogP contribution < -0.4 is 10.2 Å². The Morgan fingerprint density at radius 2 is 1.85 bits per heavy atom. The van der Waals surface area contributed by atoms with Crippen molar-refractivity contribution in [2.45, 2.75) is 30.6 Å². The Morgan fingerprint density at radius 1 is 1.07 bits per heavy atom. The van der Waals surface area contributed by atoms with Gasteiger partial charge in [-0.2, -0.15) is 8.42 Å². The number of carbonyl (C=O) groups excluding carboxylic acids is 1. The molecular formula is C19H18ClN3O3S. The quantitative estimate of drug-likeness (QED) is 0.819. The van der Waals surface area contributed by atoms with Crippen molar-refractivity contribution in [1.29, 1.82) is 0 Å². The van der Waals surface area contributed by atoms with Gasteiger partial charge in [-0.1, -0.05) is 18.0 Å². The standard InChI is InChI=1S/C19H18ClN3O3S/c20-14-6-8-15(9-7-14)21-19(24)13-5-10-16-17(12-13)27(25,26)22-18-4-2-1-3-11-23(16)18/h5-10,12H,1-4,11H2,(H,21,24). The molecule has 1 fully saturated rings. The third-order valence-corrected chi connectivity index (χ3v) is 6.30. The summed E-state index contributed by atoms with van der Waals surface area (Å²) in [6.07, 6.45) is 3.61. The number of anilines is 2. The molecule has 6 nitrogen and oxygen atoms in total. The third kappa shape index (κ3) is 3.57. The van der Waals surface area contributed by atoms with Crippen molar-refractivity contribution in [1.82, 2.24) is 0 Å². The van der Waals surface area contributed by atoms with Gasteiger partial charge in [0.2, 0.25) is 0 Å². The maximum Gasteiger partial charge on any atom is 0.286 e. The normalized spacial score (nSPS) is 18.0. The van der Waals surface area contributed by atoms with Gasteiger partial charge in [0.1, 0.15) is 10.7 Å². The highest BCUT2D eigenvalue weighted by molar-refractivity contribution is 7.90. The van der Waals surface area contributed by atoms with E-state index in [1.54, 1.807) is 36.4 Å². The zero-order valence-corrected chi connectivity index (χ0v) is 16.1. The molecule has 0 radical (unpaired) electrons. The fraction of sp³-hybridized carbons (Fsp3) is 0.263. The number of hydrogen-bond acceptors (Lipinski definition) is 4. The van der Waals surface area contributed by atoms with Crippen molar-refractivity contribution in [3.63, 3.8) is 0 Å². The molecule has 1 saturated heterocycles. The van der Waals surface area contributed by atoms with Crippen molar-refractivity contribution >= 4 is 44.7 Å². The second-order valence-electron chi connectivity index (χ2n) is 6.59. The molecule has 0 unspecified atom stereocenters. The Bertz CT molecular complexity index is 1030. The first-order chi connectivity index (χ1) is 12.9. The second-order valence-corrected chi connectivity index (χ2v) is 8.60. The summed E-state index contributed by atoms with van der Waals surface area (Å²) in [5.41, 5.74) is 1.45. The first-order valence-electron chi connectivity index (χ1n) is 8.76. The average molecular weight is 404 g/mol. The Hall–Kier alpha value is -2.38. The molecule has 140 valence electrons. The molecule has 0 atom stereocenters. The summed E-state index contributed by atoms with van der Waals surface area (Å²) in [5.74, 6) is 0.208. The van der Waals surface area contributed by atoms with Crippen LogP contribution in [0.3, 0.4) is 0 Å². The van der Waals surface area contributed by atoms with Crippen LogP contribution >= 0.6 is 11.6 Å². The van der Waals surface area contributed by atoms with E-state index < -0.39 is 10.0 Å². The van der Waals surface area contributed by atoms with E-state index >= 15 is 0 Å². The SMILES string of the molecule is O=C(Nc1ccc(Cl)cc1)c1ccc2c(c1)S(=O)(=O)N=C1CCCCCN12. The van der Waals surface area contributed by atoms with E-state index in [0.717, 1.165) is 25.8 Å². The van der Waals surface area contributed by atoms with Gasteiger partial charge in [-0.3, -0.25) is 4.79 Å². The molecule has 2 aromatic rings. The van der Waals surface area contributed by atoms with Gasteiger partial charge in [-0.15, -0.1) is 4.40 Å². The van der Waals surface area contributed by atoms with E-state index in [9.17, 15) is 13.2 Å². The highest BCUT2D eigenvalue weighted by atomic mass is 35.5. The minimum Gasteiger partial charge on any atom is -0.328 e.